The van der Waals surface area contributed by atoms with Gasteiger partial charge in [-0.1, -0.05) is 49.6 Å². The molecule has 2 heterocycles. The lowest BCUT2D eigenvalue weighted by atomic mass is 10.0. The summed E-state index contributed by atoms with van der Waals surface area (Å²) in [4.78, 5) is 34.6. The molecule has 1 atom stereocenters. The minimum atomic E-state index is -0.360. The molecule has 3 aromatic rings. The van der Waals surface area contributed by atoms with E-state index in [2.05, 4.69) is 15.3 Å². The first-order valence-corrected chi connectivity index (χ1v) is 12.4. The van der Waals surface area contributed by atoms with E-state index in [0.717, 1.165) is 41.7 Å². The number of nitrogens with zero attached hydrogens (tertiary/aromatic N) is 1. The zero-order valence-electron chi connectivity index (χ0n) is 17.7. The van der Waals surface area contributed by atoms with Gasteiger partial charge in [0.25, 0.3) is 5.56 Å². The van der Waals surface area contributed by atoms with E-state index in [0.29, 0.717) is 15.4 Å². The number of hydrogen-bond donors (Lipinski definition) is 2. The third-order valence-corrected chi connectivity index (χ3v) is 7.69. The van der Waals surface area contributed by atoms with Gasteiger partial charge in [0.05, 0.1) is 10.6 Å². The molecule has 164 valence electrons. The lowest BCUT2D eigenvalue weighted by molar-refractivity contribution is -0.121. The van der Waals surface area contributed by atoms with Gasteiger partial charge >= 0.3 is 0 Å². The first kappa shape index (κ1) is 22.0. The van der Waals surface area contributed by atoms with E-state index >= 15 is 0 Å². The van der Waals surface area contributed by atoms with E-state index in [1.54, 1.807) is 12.1 Å². The van der Waals surface area contributed by atoms with E-state index in [1.807, 2.05) is 13.8 Å². The monoisotopic (exact) mass is 459 g/mol. The summed E-state index contributed by atoms with van der Waals surface area (Å²) in [5.74, 6) is -0.336. The molecule has 1 saturated carbocycles. The molecular formula is C23H26FN3O2S2. The van der Waals surface area contributed by atoms with E-state index in [1.165, 1.54) is 48.1 Å². The lowest BCUT2D eigenvalue weighted by Crippen LogP contribution is -2.39. The van der Waals surface area contributed by atoms with Gasteiger partial charge in [-0.25, -0.2) is 9.37 Å². The van der Waals surface area contributed by atoms with E-state index in [4.69, 9.17) is 0 Å². The van der Waals surface area contributed by atoms with Crippen molar-refractivity contribution < 1.29 is 9.18 Å². The average molecular weight is 460 g/mol. The van der Waals surface area contributed by atoms with Gasteiger partial charge in [0.1, 0.15) is 10.6 Å². The fraction of sp³-hybridized carbons (Fsp3) is 0.435. The number of carbonyl (C=O) groups is 1. The van der Waals surface area contributed by atoms with Gasteiger partial charge in [-0.2, -0.15) is 0 Å². The van der Waals surface area contributed by atoms with Gasteiger partial charge in [0.15, 0.2) is 5.16 Å². The van der Waals surface area contributed by atoms with Crippen LogP contribution in [0.2, 0.25) is 0 Å². The van der Waals surface area contributed by atoms with Crippen LogP contribution in [0.4, 0.5) is 4.39 Å². The van der Waals surface area contributed by atoms with Gasteiger partial charge in [-0.05, 0) is 44.4 Å². The molecule has 0 bridgehead atoms. The molecule has 0 aliphatic heterocycles. The van der Waals surface area contributed by atoms with Crippen molar-refractivity contribution in [1.29, 1.82) is 0 Å². The third-order valence-electron chi connectivity index (χ3n) is 5.71. The number of benzene rings is 1. The van der Waals surface area contributed by atoms with Crippen LogP contribution in [0.5, 0.6) is 0 Å². The highest BCUT2D eigenvalue weighted by atomic mass is 32.2. The van der Waals surface area contributed by atoms with Gasteiger partial charge in [-0.3, -0.25) is 9.59 Å². The second-order valence-electron chi connectivity index (χ2n) is 8.05. The highest BCUT2D eigenvalue weighted by Gasteiger charge is 2.22. The Morgan fingerprint density at radius 3 is 2.58 bits per heavy atom. The second-order valence-corrected chi connectivity index (χ2v) is 10.6. The zero-order valence-corrected chi connectivity index (χ0v) is 19.3. The highest BCUT2D eigenvalue weighted by molar-refractivity contribution is 8.00. The van der Waals surface area contributed by atoms with Gasteiger partial charge in [-0.15, -0.1) is 11.3 Å². The van der Waals surface area contributed by atoms with Crippen LogP contribution in [0.1, 0.15) is 50.3 Å². The fourth-order valence-electron chi connectivity index (χ4n) is 4.08. The van der Waals surface area contributed by atoms with Crippen LogP contribution in [-0.2, 0) is 4.79 Å². The Bertz CT molecular complexity index is 1130. The minimum absolute atomic E-state index is 0.0194. The van der Waals surface area contributed by atoms with Crippen molar-refractivity contribution in [1.82, 2.24) is 15.3 Å². The predicted molar refractivity (Wildman–Crippen MR) is 125 cm³/mol. The van der Waals surface area contributed by atoms with E-state index < -0.39 is 0 Å². The number of H-pyrrole nitrogens is 1. The molecule has 0 unspecified atom stereocenters. The number of nitrogens with one attached hydrogen (secondary N) is 2. The number of carbonyl (C=O) groups excluding carboxylic acids is 1. The number of hydrogen-bond acceptors (Lipinski definition) is 5. The van der Waals surface area contributed by atoms with Gasteiger partial charge in [0.2, 0.25) is 5.91 Å². The number of thioether (sulfide) groups is 1. The first-order valence-electron chi connectivity index (χ1n) is 10.7. The van der Waals surface area contributed by atoms with Crippen LogP contribution in [0.15, 0.2) is 34.2 Å². The Labute approximate surface area is 188 Å². The summed E-state index contributed by atoms with van der Waals surface area (Å²) in [6, 6.07) is 6.36. The SMILES string of the molecule is Cc1sc2nc(S[C@@H](C)C(=O)NC3CCCCCC3)[nH]c(=O)c2c1-c1ccc(F)cc1. The summed E-state index contributed by atoms with van der Waals surface area (Å²) < 4.78 is 13.3. The van der Waals surface area contributed by atoms with Crippen molar-refractivity contribution in [2.75, 3.05) is 0 Å². The molecule has 31 heavy (non-hydrogen) atoms. The molecule has 1 aliphatic carbocycles. The van der Waals surface area contributed by atoms with Crippen LogP contribution < -0.4 is 10.9 Å². The Balaban J connectivity index is 1.54. The largest absolute Gasteiger partial charge is 0.352 e. The molecule has 1 amide bonds. The van der Waals surface area contributed by atoms with Crippen LogP contribution in [-0.4, -0.2) is 27.2 Å². The number of aryl methyl sites for hydroxylation is 1. The van der Waals surface area contributed by atoms with Crippen LogP contribution in [0.3, 0.4) is 0 Å². The molecule has 8 heteroatoms. The number of aromatic nitrogens is 2. The number of halogens is 1. The molecule has 0 radical (unpaired) electrons. The maximum absolute atomic E-state index is 13.3. The number of fused-ring (bicyclic) bond motifs is 1. The Morgan fingerprint density at radius 1 is 1.23 bits per heavy atom. The number of thiophene rings is 1. The molecule has 1 aliphatic rings. The first-order chi connectivity index (χ1) is 14.9. The quantitative estimate of drug-likeness (QED) is 0.304. The summed E-state index contributed by atoms with van der Waals surface area (Å²) in [6.07, 6.45) is 6.86. The van der Waals surface area contributed by atoms with Crippen molar-refractivity contribution in [3.8, 4) is 11.1 Å². The molecule has 0 spiro atoms. The molecule has 2 aromatic heterocycles. The summed E-state index contributed by atoms with van der Waals surface area (Å²) in [5, 5.41) is 3.75. The number of aromatic amines is 1. The lowest BCUT2D eigenvalue weighted by Gasteiger charge is -2.19. The topological polar surface area (TPSA) is 74.8 Å². The Morgan fingerprint density at radius 2 is 1.90 bits per heavy atom. The molecule has 0 saturated heterocycles. The van der Waals surface area contributed by atoms with Crippen molar-refractivity contribution in [3.05, 3.63) is 45.3 Å². The normalized spacial score (nSPS) is 16.2. The Hall–Kier alpha value is -2.19. The fourth-order valence-corrected chi connectivity index (χ4v) is 5.99. The van der Waals surface area contributed by atoms with Crippen LogP contribution in [0, 0.1) is 12.7 Å². The van der Waals surface area contributed by atoms with E-state index in [-0.39, 0.29) is 28.6 Å². The second kappa shape index (κ2) is 9.53. The van der Waals surface area contributed by atoms with Crippen LogP contribution in [0.25, 0.3) is 21.3 Å². The highest BCUT2D eigenvalue weighted by Crippen LogP contribution is 2.36. The van der Waals surface area contributed by atoms with Crippen molar-refractivity contribution in [3.63, 3.8) is 0 Å². The smallest absolute Gasteiger partial charge is 0.260 e. The molecule has 1 aromatic carbocycles. The van der Waals surface area contributed by atoms with Crippen molar-refractivity contribution in [2.24, 2.45) is 0 Å². The minimum Gasteiger partial charge on any atom is -0.352 e. The van der Waals surface area contributed by atoms with Gasteiger partial charge < -0.3 is 10.3 Å². The van der Waals surface area contributed by atoms with E-state index in [9.17, 15) is 14.0 Å². The average Bonchev–Trinajstić information content (AvgIpc) is 2.88. The molecule has 4 rings (SSSR count). The van der Waals surface area contributed by atoms with Crippen molar-refractivity contribution in [2.45, 2.75) is 68.8 Å². The summed E-state index contributed by atoms with van der Waals surface area (Å²) in [6.45, 7) is 3.77. The van der Waals surface area contributed by atoms with Crippen molar-refractivity contribution >= 4 is 39.2 Å². The predicted octanol–water partition coefficient (Wildman–Crippen LogP) is 5.42. The summed E-state index contributed by atoms with van der Waals surface area (Å²) in [5.41, 5.74) is 1.33. The summed E-state index contributed by atoms with van der Waals surface area (Å²) in [7, 11) is 0. The number of rotatable bonds is 5. The molecule has 2 N–H and O–H groups in total. The molecular weight excluding hydrogens is 433 g/mol. The van der Waals surface area contributed by atoms with Gasteiger partial charge in [0, 0.05) is 16.5 Å². The zero-order chi connectivity index (χ0) is 22.0. The maximum atomic E-state index is 13.3. The standard InChI is InChI=1S/C23H26FN3O2S2/c1-13-18(15-9-11-16(24)12-10-15)19-21(29)26-23(27-22(19)30-13)31-14(2)20(28)25-17-7-5-3-4-6-8-17/h9-12,14,17H,3-8H2,1-2H3,(H,25,28)(H,26,27,29)/t14-/m0/s1. The molecule has 5 nitrogen and oxygen atoms in total. The third kappa shape index (κ3) is 5.01. The molecule has 1 fully saturated rings. The summed E-state index contributed by atoms with van der Waals surface area (Å²) >= 11 is 2.70. The number of amides is 1. The maximum Gasteiger partial charge on any atom is 0.260 e. The Kier molecular flexibility index (Phi) is 6.77. The van der Waals surface area contributed by atoms with Crippen LogP contribution >= 0.6 is 23.1 Å².